The van der Waals surface area contributed by atoms with Gasteiger partial charge >= 0.3 is 0 Å². The highest BCUT2D eigenvalue weighted by atomic mass is 32.2. The van der Waals surface area contributed by atoms with E-state index in [0.29, 0.717) is 32.1 Å². The fraction of sp³-hybridized carbons (Fsp3) is 0.667. The van der Waals surface area contributed by atoms with Crippen molar-refractivity contribution in [2.24, 2.45) is 12.0 Å². The topological polar surface area (TPSA) is 92.5 Å². The molecule has 9 heteroatoms. The largest absolute Gasteiger partial charge is 0.353 e. The summed E-state index contributed by atoms with van der Waals surface area (Å²) >= 11 is 0. The highest BCUT2D eigenvalue weighted by molar-refractivity contribution is 7.92. The smallest absolute Gasteiger partial charge is 0.194 e. The molecule has 1 aromatic heterocycles. The molecule has 0 unspecified atom stereocenters. The van der Waals surface area contributed by atoms with Crippen LogP contribution in [0.15, 0.2) is 17.6 Å². The van der Waals surface area contributed by atoms with Gasteiger partial charge in [0.05, 0.1) is 10.5 Å². The van der Waals surface area contributed by atoms with E-state index in [9.17, 15) is 8.42 Å². The average Bonchev–Trinajstić information content (AvgIpc) is 2.82. The van der Waals surface area contributed by atoms with Gasteiger partial charge in [-0.25, -0.2) is 13.4 Å². The van der Waals surface area contributed by atoms with Gasteiger partial charge < -0.3 is 14.8 Å². The van der Waals surface area contributed by atoms with Crippen molar-refractivity contribution in [3.63, 3.8) is 0 Å². The summed E-state index contributed by atoms with van der Waals surface area (Å²) < 4.78 is 25.5. The Hall–Kier alpha value is -1.90. The molecule has 1 fully saturated rings. The molecule has 8 nitrogen and oxygen atoms in total. The normalized spacial score (nSPS) is 20.0. The van der Waals surface area contributed by atoms with Crippen molar-refractivity contribution in [3.8, 4) is 0 Å². The number of sulfone groups is 1. The maximum atomic E-state index is 12.2. The Labute approximate surface area is 143 Å². The van der Waals surface area contributed by atoms with Crippen LogP contribution >= 0.6 is 0 Å². The lowest BCUT2D eigenvalue weighted by atomic mass is 10.2. The summed E-state index contributed by atoms with van der Waals surface area (Å²) in [7, 11) is -1.19. The molecule has 0 aliphatic carbocycles. The lowest BCUT2D eigenvalue weighted by Gasteiger charge is -2.39. The zero-order valence-electron chi connectivity index (χ0n) is 14.8. The molecule has 1 N–H and O–H groups in total. The standard InChI is InChI=1S/C15H26N6O2S/c1-6-7-16-14(17-10-13-19-18-12(2)20(13)5)21-8-9-24(22,23)15(3,4)11-21/h6H,1,7-11H2,2-5H3,(H,16,17). The Morgan fingerprint density at radius 1 is 1.46 bits per heavy atom. The Bertz CT molecular complexity index is 735. The monoisotopic (exact) mass is 354 g/mol. The lowest BCUT2D eigenvalue weighted by Crippen LogP contribution is -2.57. The maximum Gasteiger partial charge on any atom is 0.194 e. The Balaban J connectivity index is 2.20. The van der Waals surface area contributed by atoms with Gasteiger partial charge in [0, 0.05) is 26.7 Å². The lowest BCUT2D eigenvalue weighted by molar-refractivity contribution is 0.353. The molecule has 1 aliphatic heterocycles. The molecule has 0 aromatic carbocycles. The summed E-state index contributed by atoms with van der Waals surface area (Å²) in [5.74, 6) is 2.37. The van der Waals surface area contributed by atoms with E-state index in [1.807, 2.05) is 23.4 Å². The molecule has 0 radical (unpaired) electrons. The molecule has 1 aromatic rings. The summed E-state index contributed by atoms with van der Waals surface area (Å²) in [6.45, 7) is 10.9. The van der Waals surface area contributed by atoms with E-state index in [2.05, 4.69) is 27.1 Å². The van der Waals surface area contributed by atoms with Crippen LogP contribution in [0, 0.1) is 6.92 Å². The zero-order valence-corrected chi connectivity index (χ0v) is 15.6. The molecule has 2 heterocycles. The summed E-state index contributed by atoms with van der Waals surface area (Å²) in [5, 5.41) is 11.3. The van der Waals surface area contributed by atoms with Crippen LogP contribution in [0.3, 0.4) is 0 Å². The van der Waals surface area contributed by atoms with Gasteiger partial charge in [0.2, 0.25) is 0 Å². The molecule has 0 bridgehead atoms. The maximum absolute atomic E-state index is 12.2. The van der Waals surface area contributed by atoms with Gasteiger partial charge in [0.1, 0.15) is 12.4 Å². The quantitative estimate of drug-likeness (QED) is 0.474. The second-order valence-electron chi connectivity index (χ2n) is 6.53. The molecule has 0 atom stereocenters. The van der Waals surface area contributed by atoms with Crippen molar-refractivity contribution in [1.29, 1.82) is 0 Å². The van der Waals surface area contributed by atoms with Gasteiger partial charge in [-0.15, -0.1) is 16.8 Å². The van der Waals surface area contributed by atoms with Crippen LogP contribution in [0.25, 0.3) is 0 Å². The molecule has 2 rings (SSSR count). The summed E-state index contributed by atoms with van der Waals surface area (Å²) in [6, 6.07) is 0. The first-order valence-corrected chi connectivity index (χ1v) is 9.54. The number of aryl methyl sites for hydroxylation is 1. The van der Waals surface area contributed by atoms with Crippen molar-refractivity contribution < 1.29 is 8.42 Å². The molecular weight excluding hydrogens is 328 g/mol. The van der Waals surface area contributed by atoms with Crippen molar-refractivity contribution >= 4 is 15.8 Å². The van der Waals surface area contributed by atoms with Crippen molar-refractivity contribution in [2.75, 3.05) is 25.4 Å². The molecule has 0 amide bonds. The minimum Gasteiger partial charge on any atom is -0.353 e. The van der Waals surface area contributed by atoms with Crippen LogP contribution in [-0.2, 0) is 23.4 Å². The second-order valence-corrected chi connectivity index (χ2v) is 9.27. The number of guanidine groups is 1. The number of nitrogens with one attached hydrogen (secondary N) is 1. The van der Waals surface area contributed by atoms with Gasteiger partial charge in [-0.1, -0.05) is 6.08 Å². The highest BCUT2D eigenvalue weighted by Gasteiger charge is 2.40. The number of hydrogen-bond donors (Lipinski definition) is 1. The fourth-order valence-corrected chi connectivity index (χ4v) is 3.86. The van der Waals surface area contributed by atoms with E-state index in [1.165, 1.54) is 0 Å². The summed E-state index contributed by atoms with van der Waals surface area (Å²) in [4.78, 5) is 6.59. The Kier molecular flexibility index (Phi) is 5.32. The Morgan fingerprint density at radius 3 is 2.71 bits per heavy atom. The van der Waals surface area contributed by atoms with Gasteiger partial charge in [-0.05, 0) is 20.8 Å². The van der Waals surface area contributed by atoms with E-state index in [4.69, 9.17) is 0 Å². The predicted molar refractivity (Wildman–Crippen MR) is 94.5 cm³/mol. The first kappa shape index (κ1) is 18.4. The molecule has 1 saturated heterocycles. The van der Waals surface area contributed by atoms with E-state index in [-0.39, 0.29) is 5.75 Å². The highest BCUT2D eigenvalue weighted by Crippen LogP contribution is 2.23. The van der Waals surface area contributed by atoms with Crippen molar-refractivity contribution in [2.45, 2.75) is 32.1 Å². The van der Waals surface area contributed by atoms with Gasteiger partial charge in [0.25, 0.3) is 0 Å². The van der Waals surface area contributed by atoms with E-state index in [1.54, 1.807) is 19.9 Å². The molecule has 24 heavy (non-hydrogen) atoms. The van der Waals surface area contributed by atoms with Crippen molar-refractivity contribution in [3.05, 3.63) is 24.3 Å². The number of aromatic nitrogens is 3. The minimum atomic E-state index is -3.09. The zero-order chi connectivity index (χ0) is 18.0. The fourth-order valence-electron chi connectivity index (χ4n) is 2.49. The van der Waals surface area contributed by atoms with Crippen LogP contribution < -0.4 is 5.32 Å². The van der Waals surface area contributed by atoms with E-state index in [0.717, 1.165) is 11.6 Å². The molecule has 0 spiro atoms. The third kappa shape index (κ3) is 3.77. The van der Waals surface area contributed by atoms with Gasteiger partial charge in [-0.2, -0.15) is 0 Å². The number of rotatable bonds is 4. The molecule has 134 valence electrons. The predicted octanol–water partition coefficient (Wildman–Crippen LogP) is 0.264. The molecular formula is C15H26N6O2S. The Morgan fingerprint density at radius 2 is 2.17 bits per heavy atom. The van der Waals surface area contributed by atoms with Crippen LogP contribution in [0.4, 0.5) is 0 Å². The van der Waals surface area contributed by atoms with Gasteiger partial charge in [-0.3, -0.25) is 0 Å². The summed E-state index contributed by atoms with van der Waals surface area (Å²) in [6.07, 6.45) is 1.74. The molecule has 1 aliphatic rings. The first-order chi connectivity index (χ1) is 11.2. The van der Waals surface area contributed by atoms with Crippen LogP contribution in [-0.4, -0.2) is 64.2 Å². The second kappa shape index (κ2) is 6.92. The number of hydrogen-bond acceptors (Lipinski definition) is 5. The van der Waals surface area contributed by atoms with Crippen LogP contribution in [0.1, 0.15) is 25.5 Å². The minimum absolute atomic E-state index is 0.123. The average molecular weight is 354 g/mol. The number of aliphatic imine (C=N–C) groups is 1. The van der Waals surface area contributed by atoms with Crippen LogP contribution in [0.2, 0.25) is 0 Å². The van der Waals surface area contributed by atoms with E-state index < -0.39 is 14.6 Å². The van der Waals surface area contributed by atoms with Gasteiger partial charge in [0.15, 0.2) is 21.6 Å². The first-order valence-electron chi connectivity index (χ1n) is 7.89. The molecule has 0 saturated carbocycles. The summed E-state index contributed by atoms with van der Waals surface area (Å²) in [5.41, 5.74) is 0. The van der Waals surface area contributed by atoms with Crippen LogP contribution in [0.5, 0.6) is 0 Å². The third-order valence-corrected chi connectivity index (χ3v) is 6.83. The SMILES string of the molecule is C=CCNC(=NCc1nnc(C)n1C)N1CCS(=O)(=O)C(C)(C)C1. The van der Waals surface area contributed by atoms with E-state index >= 15 is 0 Å². The number of nitrogens with zero attached hydrogens (tertiary/aromatic N) is 5. The van der Waals surface area contributed by atoms with Crippen molar-refractivity contribution in [1.82, 2.24) is 25.0 Å². The third-order valence-electron chi connectivity index (χ3n) is 4.30.